The largest absolute Gasteiger partial charge is 0.481 e. The van der Waals surface area contributed by atoms with Crippen LogP contribution in [0.3, 0.4) is 0 Å². The molecule has 332 valence electrons. The van der Waals surface area contributed by atoms with Crippen LogP contribution in [0.25, 0.3) is 0 Å². The van der Waals surface area contributed by atoms with Gasteiger partial charge < -0.3 is 55.1 Å². The Kier molecular flexibility index (Phi) is 11.2. The van der Waals surface area contributed by atoms with E-state index in [4.69, 9.17) is 14.2 Å². The standard InChI is InChI=1S/C44H66O15/c1-39(2)25-10-13-44(7)34(23(45)18-21-22-19-41(4,38(55)56)15-14-40(22,3)16-17-43(21,44)6)42(25,5)12-11-26(39)58-37-20(27(46)30(49)33(59-37)36(53)54)8-9-24-28(47)29(48)31(50)32(57-24)35(51)52/h18,20,22,24-34,37,46-50H,8-17,19H2,1-7H3,(H,51,52)(H,53,54)(H,55,56)/t20?,22-,24?,25-,26-,27?,28?,29?,30?,31-,32?,33-,34+,37?,40+,41-,42-,43+,44+/m0/s1. The number of carboxylic acids is 3. The number of aliphatic hydroxyl groups excluding tert-OH is 5. The number of rotatable bonds is 8. The summed E-state index contributed by atoms with van der Waals surface area (Å²) in [5, 5.41) is 83.2. The van der Waals surface area contributed by atoms with Crippen LogP contribution in [0.15, 0.2) is 11.6 Å². The Bertz CT molecular complexity index is 1750. The molecule has 0 bridgehead atoms. The van der Waals surface area contributed by atoms with E-state index in [0.717, 1.165) is 37.7 Å². The van der Waals surface area contributed by atoms with Crippen LogP contribution >= 0.6 is 0 Å². The number of carboxylic acid groups (broad SMARTS) is 3. The van der Waals surface area contributed by atoms with Gasteiger partial charge in [-0.05, 0) is 123 Å². The van der Waals surface area contributed by atoms with E-state index in [1.165, 1.54) is 0 Å². The molecule has 8 unspecified atom stereocenters. The van der Waals surface area contributed by atoms with E-state index in [9.17, 15) is 60.0 Å². The molecule has 5 aliphatic carbocycles. The zero-order valence-electron chi connectivity index (χ0n) is 35.4. The lowest BCUT2D eigenvalue weighted by Gasteiger charge is -2.70. The summed E-state index contributed by atoms with van der Waals surface area (Å²) >= 11 is 0. The Morgan fingerprint density at radius 1 is 0.729 bits per heavy atom. The molecular weight excluding hydrogens is 768 g/mol. The Morgan fingerprint density at radius 2 is 1.34 bits per heavy atom. The maximum absolute atomic E-state index is 14.9. The number of hydrogen-bond donors (Lipinski definition) is 8. The average Bonchev–Trinajstić information content (AvgIpc) is 3.14. The molecular formula is C44H66O15. The molecule has 6 fully saturated rings. The Hall–Kier alpha value is -2.50. The fraction of sp³-hybridized carbons (Fsp3) is 0.864. The summed E-state index contributed by atoms with van der Waals surface area (Å²) < 4.78 is 18.1. The maximum Gasteiger partial charge on any atom is 0.335 e. The third kappa shape index (κ3) is 6.65. The third-order valence-corrected chi connectivity index (χ3v) is 18.0. The number of hydrogen-bond acceptors (Lipinski definition) is 12. The molecule has 0 aromatic carbocycles. The van der Waals surface area contributed by atoms with Gasteiger partial charge in [0.15, 0.2) is 24.3 Å². The van der Waals surface area contributed by atoms with Crippen molar-refractivity contribution in [1.29, 1.82) is 0 Å². The van der Waals surface area contributed by atoms with Crippen LogP contribution in [0.5, 0.6) is 0 Å². The minimum absolute atomic E-state index is 0.000864. The SMILES string of the molecule is CC1(C)[C@@H](OC2O[C@H](C(=O)O)C(O)C(O)C2CCC2OC(C(=O)O)[C@@H](O)C(O)C2O)CC[C@]2(C)[C@H]3C(=O)C=C4[C@@H]5C[C@@](C)(C(=O)O)CC[C@]5(C)CC[C@@]4(C)[C@]3(C)CC[C@@H]12. The van der Waals surface area contributed by atoms with Crippen molar-refractivity contribution in [2.45, 2.75) is 180 Å². The number of aliphatic hydroxyl groups is 5. The lowest BCUT2D eigenvalue weighted by molar-refractivity contribution is -0.314. The highest BCUT2D eigenvalue weighted by molar-refractivity contribution is 5.95. The highest BCUT2D eigenvalue weighted by atomic mass is 16.7. The topological polar surface area (TPSA) is 258 Å². The second-order valence-corrected chi connectivity index (χ2v) is 21.4. The van der Waals surface area contributed by atoms with Crippen molar-refractivity contribution >= 4 is 23.7 Å². The number of ketones is 1. The molecule has 0 radical (unpaired) electrons. The van der Waals surface area contributed by atoms with Gasteiger partial charge in [-0.2, -0.15) is 0 Å². The van der Waals surface area contributed by atoms with Crippen LogP contribution in [0, 0.1) is 56.2 Å². The first-order chi connectivity index (χ1) is 27.3. The monoisotopic (exact) mass is 834 g/mol. The van der Waals surface area contributed by atoms with Gasteiger partial charge in [0, 0.05) is 11.8 Å². The minimum Gasteiger partial charge on any atom is -0.481 e. The summed E-state index contributed by atoms with van der Waals surface area (Å²) in [4.78, 5) is 51.3. The average molecular weight is 835 g/mol. The number of carbonyl (C=O) groups excluding carboxylic acids is 1. The highest BCUT2D eigenvalue weighted by Crippen LogP contribution is 2.75. The molecule has 7 aliphatic rings. The van der Waals surface area contributed by atoms with Gasteiger partial charge in [0.1, 0.15) is 24.4 Å². The van der Waals surface area contributed by atoms with Crippen molar-refractivity contribution in [2.75, 3.05) is 0 Å². The molecule has 0 aromatic heterocycles. The lowest BCUT2D eigenvalue weighted by Crippen LogP contribution is -2.67. The van der Waals surface area contributed by atoms with Gasteiger partial charge in [0.25, 0.3) is 0 Å². The number of fused-ring (bicyclic) bond motifs is 7. The fourth-order valence-corrected chi connectivity index (χ4v) is 14.1. The molecule has 8 N–H and O–H groups in total. The summed E-state index contributed by atoms with van der Waals surface area (Å²) in [5.41, 5.74) is -1.53. The molecule has 19 atom stereocenters. The summed E-state index contributed by atoms with van der Waals surface area (Å²) in [6.45, 7) is 15.1. The number of allylic oxidation sites excluding steroid dienone is 2. The third-order valence-electron chi connectivity index (χ3n) is 18.0. The first-order valence-electron chi connectivity index (χ1n) is 21.6. The van der Waals surface area contributed by atoms with Crippen LogP contribution in [0.1, 0.15) is 119 Å². The highest BCUT2D eigenvalue weighted by Gasteiger charge is 2.71. The van der Waals surface area contributed by atoms with Crippen molar-refractivity contribution in [3.8, 4) is 0 Å². The van der Waals surface area contributed by atoms with E-state index in [2.05, 4.69) is 41.5 Å². The van der Waals surface area contributed by atoms with E-state index in [1.807, 2.05) is 13.0 Å². The van der Waals surface area contributed by atoms with Gasteiger partial charge in [-0.1, -0.05) is 47.1 Å². The summed E-state index contributed by atoms with van der Waals surface area (Å²) in [7, 11) is 0. The Labute approximate surface area is 345 Å². The Morgan fingerprint density at radius 3 is 1.97 bits per heavy atom. The lowest BCUT2D eigenvalue weighted by atomic mass is 9.33. The van der Waals surface area contributed by atoms with Gasteiger partial charge in [-0.25, -0.2) is 9.59 Å². The zero-order valence-corrected chi connectivity index (χ0v) is 35.4. The van der Waals surface area contributed by atoms with Gasteiger partial charge >= 0.3 is 17.9 Å². The summed E-state index contributed by atoms with van der Waals surface area (Å²) in [6.07, 6.45) is -7.60. The van der Waals surface area contributed by atoms with E-state index in [-0.39, 0.29) is 52.6 Å². The summed E-state index contributed by atoms with van der Waals surface area (Å²) in [6, 6.07) is 0. The summed E-state index contributed by atoms with van der Waals surface area (Å²) in [5.74, 6) is -5.12. The van der Waals surface area contributed by atoms with Crippen molar-refractivity contribution in [2.24, 2.45) is 56.2 Å². The molecule has 0 spiro atoms. The van der Waals surface area contributed by atoms with Gasteiger partial charge in [-0.15, -0.1) is 0 Å². The number of ether oxygens (including phenoxy) is 3. The molecule has 0 amide bonds. The predicted molar refractivity (Wildman–Crippen MR) is 207 cm³/mol. The van der Waals surface area contributed by atoms with Crippen LogP contribution in [-0.2, 0) is 33.4 Å². The van der Waals surface area contributed by atoms with Gasteiger partial charge in [0.05, 0.1) is 23.7 Å². The smallest absolute Gasteiger partial charge is 0.335 e. The Balaban J connectivity index is 1.15. The second kappa shape index (κ2) is 14.8. The zero-order chi connectivity index (χ0) is 43.6. The van der Waals surface area contributed by atoms with Crippen molar-refractivity contribution < 1.29 is 74.2 Å². The minimum atomic E-state index is -1.89. The van der Waals surface area contributed by atoms with Crippen LogP contribution < -0.4 is 0 Å². The second-order valence-electron chi connectivity index (χ2n) is 21.4. The normalized spacial score (nSPS) is 51.9. The quantitative estimate of drug-likeness (QED) is 0.163. The number of carbonyl (C=O) groups is 4. The van der Waals surface area contributed by atoms with Crippen molar-refractivity contribution in [3.05, 3.63) is 11.6 Å². The molecule has 15 nitrogen and oxygen atoms in total. The van der Waals surface area contributed by atoms with E-state index < -0.39 is 101 Å². The van der Waals surface area contributed by atoms with Gasteiger partial charge in [0.2, 0.25) is 0 Å². The van der Waals surface area contributed by atoms with Gasteiger partial charge in [-0.3, -0.25) is 9.59 Å². The van der Waals surface area contributed by atoms with Crippen LogP contribution in [0.4, 0.5) is 0 Å². The first-order valence-corrected chi connectivity index (χ1v) is 21.6. The molecule has 0 aromatic rings. The molecule has 59 heavy (non-hydrogen) atoms. The van der Waals surface area contributed by atoms with E-state index in [1.54, 1.807) is 0 Å². The molecule has 7 rings (SSSR count). The van der Waals surface area contributed by atoms with Crippen LogP contribution in [0.2, 0.25) is 0 Å². The van der Waals surface area contributed by atoms with E-state index >= 15 is 0 Å². The first kappa shape index (κ1) is 44.6. The van der Waals surface area contributed by atoms with Crippen molar-refractivity contribution in [1.82, 2.24) is 0 Å². The van der Waals surface area contributed by atoms with Crippen molar-refractivity contribution in [3.63, 3.8) is 0 Å². The molecule has 2 heterocycles. The molecule has 4 saturated carbocycles. The number of aliphatic carboxylic acids is 3. The maximum atomic E-state index is 14.9. The van der Waals surface area contributed by atoms with Crippen LogP contribution in [-0.4, -0.2) is 126 Å². The fourth-order valence-electron chi connectivity index (χ4n) is 14.1. The molecule has 2 aliphatic heterocycles. The molecule has 15 heteroatoms. The predicted octanol–water partition coefficient (Wildman–Crippen LogP) is 3.30. The van der Waals surface area contributed by atoms with E-state index in [0.29, 0.717) is 25.7 Å². The molecule has 2 saturated heterocycles.